The first-order valence-corrected chi connectivity index (χ1v) is 8.27. The number of benzene rings is 2. The maximum Gasteiger partial charge on any atom is 0.315 e. The van der Waals surface area contributed by atoms with Gasteiger partial charge in [-0.3, -0.25) is 4.79 Å². The van der Waals surface area contributed by atoms with Crippen LogP contribution in [0.1, 0.15) is 39.5 Å². The van der Waals surface area contributed by atoms with Crippen molar-refractivity contribution in [1.82, 2.24) is 10.6 Å². The first-order valence-electron chi connectivity index (χ1n) is 8.27. The van der Waals surface area contributed by atoms with Crippen molar-refractivity contribution >= 4 is 17.6 Å². The van der Waals surface area contributed by atoms with E-state index in [0.717, 1.165) is 0 Å². The van der Waals surface area contributed by atoms with E-state index in [9.17, 15) is 18.4 Å². The molecule has 3 rings (SSSR count). The van der Waals surface area contributed by atoms with E-state index in [2.05, 4.69) is 16.0 Å². The lowest BCUT2D eigenvalue weighted by atomic mass is 10.0. The van der Waals surface area contributed by atoms with E-state index in [4.69, 9.17) is 0 Å². The average Bonchev–Trinajstić information content (AvgIpc) is 3.02. The van der Waals surface area contributed by atoms with E-state index in [-0.39, 0.29) is 5.82 Å². The van der Waals surface area contributed by atoms with Gasteiger partial charge in [0.2, 0.25) is 0 Å². The Kier molecular flexibility index (Phi) is 4.88. The highest BCUT2D eigenvalue weighted by atomic mass is 19.1. The minimum atomic E-state index is -0.481. The molecule has 3 amide bonds. The van der Waals surface area contributed by atoms with Crippen LogP contribution < -0.4 is 16.0 Å². The number of aryl methyl sites for hydroxylation is 1. The van der Waals surface area contributed by atoms with E-state index in [1.807, 2.05) is 0 Å². The van der Waals surface area contributed by atoms with E-state index < -0.39 is 23.8 Å². The molecular weight excluding hydrogens is 340 g/mol. The number of amides is 3. The third-order valence-electron chi connectivity index (χ3n) is 4.53. The summed E-state index contributed by atoms with van der Waals surface area (Å²) >= 11 is 0. The molecule has 5 nitrogen and oxygen atoms in total. The van der Waals surface area contributed by atoms with E-state index >= 15 is 0 Å². The molecule has 1 atom stereocenters. The van der Waals surface area contributed by atoms with Crippen molar-refractivity contribution in [2.45, 2.75) is 25.8 Å². The number of urea groups is 1. The van der Waals surface area contributed by atoms with Crippen LogP contribution >= 0.6 is 0 Å². The van der Waals surface area contributed by atoms with E-state index in [1.165, 1.54) is 37.4 Å². The van der Waals surface area contributed by atoms with Crippen LogP contribution in [0.4, 0.5) is 19.3 Å². The lowest BCUT2D eigenvalue weighted by Gasteiger charge is -2.15. The summed E-state index contributed by atoms with van der Waals surface area (Å²) in [6, 6.07) is 6.07. The Hall–Kier alpha value is -2.96. The molecule has 2 aromatic rings. The molecule has 0 radical (unpaired) electrons. The van der Waals surface area contributed by atoms with Gasteiger partial charge in [-0.1, -0.05) is 0 Å². The molecule has 26 heavy (non-hydrogen) atoms. The van der Waals surface area contributed by atoms with Crippen molar-refractivity contribution < 1.29 is 18.4 Å². The first-order chi connectivity index (χ1) is 12.4. The fourth-order valence-electron chi connectivity index (χ4n) is 3.22. The number of hydrogen-bond acceptors (Lipinski definition) is 2. The number of anilines is 1. The summed E-state index contributed by atoms with van der Waals surface area (Å²) in [5, 5.41) is 7.85. The Morgan fingerprint density at radius 2 is 1.85 bits per heavy atom. The van der Waals surface area contributed by atoms with Crippen molar-refractivity contribution in [3.05, 3.63) is 64.2 Å². The largest absolute Gasteiger partial charge is 0.341 e. The fraction of sp³-hybridized carbons (Fsp3) is 0.263. The molecule has 0 bridgehead atoms. The highest BCUT2D eigenvalue weighted by Gasteiger charge is 2.30. The summed E-state index contributed by atoms with van der Waals surface area (Å²) in [6.07, 6.45) is 0.993. The zero-order chi connectivity index (χ0) is 18.8. The van der Waals surface area contributed by atoms with Crippen molar-refractivity contribution in [2.24, 2.45) is 0 Å². The van der Waals surface area contributed by atoms with Crippen LogP contribution in [0.25, 0.3) is 0 Å². The molecule has 0 aliphatic heterocycles. The number of carbonyl (C=O) groups is 2. The third kappa shape index (κ3) is 3.37. The van der Waals surface area contributed by atoms with Gasteiger partial charge in [0, 0.05) is 23.9 Å². The van der Waals surface area contributed by atoms with Gasteiger partial charge in [-0.2, -0.15) is 0 Å². The van der Waals surface area contributed by atoms with Crippen LogP contribution in [0.15, 0.2) is 30.3 Å². The summed E-state index contributed by atoms with van der Waals surface area (Å²) in [6.45, 7) is 1.61. The minimum Gasteiger partial charge on any atom is -0.341 e. The van der Waals surface area contributed by atoms with Crippen molar-refractivity contribution in [1.29, 1.82) is 0 Å². The summed E-state index contributed by atoms with van der Waals surface area (Å²) in [5.41, 5.74) is 2.16. The Bertz CT molecular complexity index is 883. The zero-order valence-electron chi connectivity index (χ0n) is 14.5. The fourth-order valence-corrected chi connectivity index (χ4v) is 3.22. The molecule has 7 heteroatoms. The minimum absolute atomic E-state index is 0.344. The lowest BCUT2D eigenvalue weighted by Crippen LogP contribution is -2.35. The van der Waals surface area contributed by atoms with E-state index in [0.29, 0.717) is 40.8 Å². The predicted molar refractivity (Wildman–Crippen MR) is 94.1 cm³/mol. The molecular formula is C19H19F2N3O2. The molecule has 136 valence electrons. The van der Waals surface area contributed by atoms with Crippen LogP contribution in [0.5, 0.6) is 0 Å². The second-order valence-electron chi connectivity index (χ2n) is 6.22. The normalized spacial score (nSPS) is 15.3. The van der Waals surface area contributed by atoms with Gasteiger partial charge in [0.25, 0.3) is 5.91 Å². The monoisotopic (exact) mass is 359 g/mol. The Morgan fingerprint density at radius 3 is 2.54 bits per heavy atom. The maximum atomic E-state index is 14.3. The molecule has 0 aromatic heterocycles. The van der Waals surface area contributed by atoms with Gasteiger partial charge in [0.05, 0.1) is 6.04 Å². The molecule has 0 saturated heterocycles. The molecule has 3 N–H and O–H groups in total. The maximum absolute atomic E-state index is 14.3. The first kappa shape index (κ1) is 17.8. The molecule has 2 aromatic carbocycles. The molecule has 0 saturated carbocycles. The second kappa shape index (κ2) is 7.11. The third-order valence-corrected chi connectivity index (χ3v) is 4.53. The molecule has 1 aliphatic carbocycles. The van der Waals surface area contributed by atoms with Gasteiger partial charge < -0.3 is 16.0 Å². The standard InChI is InChI=1S/C19H19F2N3O2/c1-10-9-11(3-6-14(10)20)23-18(25)13-4-7-15(21)17-12(13)5-8-16(17)24-19(26)22-2/h3-4,6-7,9,16H,5,8H2,1-2H3,(H,23,25)(H2,22,24,26)/t16-/m0/s1. The summed E-state index contributed by atoms with van der Waals surface area (Å²) in [5.74, 6) is -1.20. The van der Waals surface area contributed by atoms with Crippen molar-refractivity contribution in [2.75, 3.05) is 12.4 Å². The molecule has 0 heterocycles. The molecule has 0 spiro atoms. The number of hydrogen-bond donors (Lipinski definition) is 3. The van der Waals surface area contributed by atoms with Gasteiger partial charge in [0.15, 0.2) is 0 Å². The smallest absolute Gasteiger partial charge is 0.315 e. The van der Waals surface area contributed by atoms with Crippen LogP contribution in [-0.2, 0) is 6.42 Å². The van der Waals surface area contributed by atoms with Gasteiger partial charge in [-0.25, -0.2) is 13.6 Å². The highest BCUT2D eigenvalue weighted by molar-refractivity contribution is 6.05. The van der Waals surface area contributed by atoms with Gasteiger partial charge in [-0.15, -0.1) is 0 Å². The van der Waals surface area contributed by atoms with Gasteiger partial charge in [-0.05, 0) is 61.2 Å². The molecule has 0 unspecified atom stereocenters. The average molecular weight is 359 g/mol. The van der Waals surface area contributed by atoms with Crippen LogP contribution in [0.3, 0.4) is 0 Å². The number of carbonyl (C=O) groups excluding carboxylic acids is 2. The lowest BCUT2D eigenvalue weighted by molar-refractivity contribution is 0.102. The summed E-state index contributed by atoms with van der Waals surface area (Å²) < 4.78 is 27.7. The van der Waals surface area contributed by atoms with Crippen LogP contribution in [0, 0.1) is 18.6 Å². The Labute approximate surface area is 149 Å². The van der Waals surface area contributed by atoms with Gasteiger partial charge in [0.1, 0.15) is 11.6 Å². The number of nitrogens with one attached hydrogen (secondary N) is 3. The van der Waals surface area contributed by atoms with Gasteiger partial charge >= 0.3 is 6.03 Å². The number of rotatable bonds is 3. The predicted octanol–water partition coefficient (Wildman–Crippen LogP) is 3.44. The SMILES string of the molecule is CNC(=O)N[C@H]1CCc2c(C(=O)Nc3ccc(F)c(C)c3)ccc(F)c21. The topological polar surface area (TPSA) is 70.2 Å². The Morgan fingerprint density at radius 1 is 1.12 bits per heavy atom. The summed E-state index contributed by atoms with van der Waals surface area (Å²) in [4.78, 5) is 24.2. The molecule has 1 aliphatic rings. The quantitative estimate of drug-likeness (QED) is 0.786. The second-order valence-corrected chi connectivity index (χ2v) is 6.22. The van der Waals surface area contributed by atoms with Crippen LogP contribution in [-0.4, -0.2) is 19.0 Å². The number of halogens is 2. The van der Waals surface area contributed by atoms with E-state index in [1.54, 1.807) is 6.92 Å². The zero-order valence-corrected chi connectivity index (χ0v) is 14.5. The van der Waals surface area contributed by atoms with Crippen molar-refractivity contribution in [3.8, 4) is 0 Å². The molecule has 0 fully saturated rings. The van der Waals surface area contributed by atoms with Crippen LogP contribution in [0.2, 0.25) is 0 Å². The highest BCUT2D eigenvalue weighted by Crippen LogP contribution is 2.35. The summed E-state index contributed by atoms with van der Waals surface area (Å²) in [7, 11) is 1.48. The Balaban J connectivity index is 1.88. The van der Waals surface area contributed by atoms with Crippen molar-refractivity contribution in [3.63, 3.8) is 0 Å². The number of fused-ring (bicyclic) bond motifs is 1.